The molecule has 2 aromatic rings. The Morgan fingerprint density at radius 2 is 2.28 bits per heavy atom. The highest BCUT2D eigenvalue weighted by molar-refractivity contribution is 7.09. The first-order chi connectivity index (χ1) is 8.74. The number of hydrogen-bond donors (Lipinski definition) is 2. The minimum absolute atomic E-state index is 0.846. The zero-order chi connectivity index (χ0) is 12.8. The first-order valence-corrected chi connectivity index (χ1v) is 7.08. The molecule has 1 aromatic heterocycles. The Bertz CT molecular complexity index is 493. The first kappa shape index (κ1) is 13.1. The molecule has 4 heteroatoms. The van der Waals surface area contributed by atoms with Crippen LogP contribution in [0.25, 0.3) is 0 Å². The summed E-state index contributed by atoms with van der Waals surface area (Å²) < 4.78 is 0. The average Bonchev–Trinajstić information content (AvgIpc) is 2.75. The number of aromatic nitrogens is 1. The Labute approximate surface area is 112 Å². The van der Waals surface area contributed by atoms with Gasteiger partial charge in [0, 0.05) is 17.6 Å². The van der Waals surface area contributed by atoms with Crippen LogP contribution < -0.4 is 11.1 Å². The molecule has 0 unspecified atom stereocenters. The van der Waals surface area contributed by atoms with E-state index in [0.717, 1.165) is 42.3 Å². The molecule has 0 spiro atoms. The van der Waals surface area contributed by atoms with Crippen molar-refractivity contribution in [1.29, 1.82) is 0 Å². The number of anilines is 1. The van der Waals surface area contributed by atoms with Gasteiger partial charge in [0.05, 0.1) is 10.7 Å². The summed E-state index contributed by atoms with van der Waals surface area (Å²) in [6.45, 7) is 3.90. The van der Waals surface area contributed by atoms with Crippen LogP contribution in [-0.2, 0) is 13.0 Å². The molecule has 96 valence electrons. The van der Waals surface area contributed by atoms with Crippen LogP contribution in [0.2, 0.25) is 0 Å². The maximum Gasteiger partial charge on any atom is 0.0897 e. The van der Waals surface area contributed by atoms with Crippen LogP contribution in [0, 0.1) is 6.92 Å². The predicted octanol–water partition coefficient (Wildman–Crippen LogP) is 2.76. The molecule has 0 saturated carbocycles. The van der Waals surface area contributed by atoms with Crippen LogP contribution in [0.15, 0.2) is 29.6 Å². The molecule has 0 saturated heterocycles. The Hall–Kier alpha value is -1.39. The van der Waals surface area contributed by atoms with Gasteiger partial charge in [0.2, 0.25) is 0 Å². The van der Waals surface area contributed by atoms with E-state index in [-0.39, 0.29) is 0 Å². The summed E-state index contributed by atoms with van der Waals surface area (Å²) >= 11 is 1.70. The lowest BCUT2D eigenvalue weighted by Gasteiger charge is -2.04. The number of rotatable bonds is 6. The Balaban J connectivity index is 1.64. The van der Waals surface area contributed by atoms with Gasteiger partial charge in [-0.25, -0.2) is 4.98 Å². The van der Waals surface area contributed by atoms with Crippen LogP contribution in [0.5, 0.6) is 0 Å². The minimum Gasteiger partial charge on any atom is -0.399 e. The third-order valence-corrected chi connectivity index (χ3v) is 3.57. The fraction of sp³-hybridized carbons (Fsp3) is 0.357. The van der Waals surface area contributed by atoms with Crippen molar-refractivity contribution in [3.8, 4) is 0 Å². The SMILES string of the molecule is Cc1nc(CNCCCc2cccc(N)c2)cs1. The van der Waals surface area contributed by atoms with Gasteiger partial charge in [-0.1, -0.05) is 12.1 Å². The number of hydrogen-bond acceptors (Lipinski definition) is 4. The van der Waals surface area contributed by atoms with Gasteiger partial charge in [-0.15, -0.1) is 11.3 Å². The number of nitrogens with two attached hydrogens (primary N) is 1. The highest BCUT2D eigenvalue weighted by Crippen LogP contribution is 2.09. The van der Waals surface area contributed by atoms with Crippen molar-refractivity contribution in [3.05, 3.63) is 45.9 Å². The lowest BCUT2D eigenvalue weighted by molar-refractivity contribution is 0.642. The molecule has 3 nitrogen and oxygen atoms in total. The molecule has 0 atom stereocenters. The Kier molecular flexibility index (Phi) is 4.73. The highest BCUT2D eigenvalue weighted by atomic mass is 32.1. The van der Waals surface area contributed by atoms with Gasteiger partial charge >= 0.3 is 0 Å². The van der Waals surface area contributed by atoms with Crippen LogP contribution in [0.1, 0.15) is 22.7 Å². The van der Waals surface area contributed by atoms with E-state index in [1.54, 1.807) is 11.3 Å². The maximum absolute atomic E-state index is 5.74. The van der Waals surface area contributed by atoms with Crippen molar-refractivity contribution >= 4 is 17.0 Å². The molecule has 0 amide bonds. The van der Waals surface area contributed by atoms with E-state index in [1.807, 2.05) is 25.1 Å². The van der Waals surface area contributed by atoms with Gasteiger partial charge in [-0.05, 0) is 44.0 Å². The summed E-state index contributed by atoms with van der Waals surface area (Å²) in [6.07, 6.45) is 2.18. The molecule has 2 rings (SSSR count). The number of thiazole rings is 1. The molecule has 0 fully saturated rings. The molecular formula is C14H19N3S. The van der Waals surface area contributed by atoms with Gasteiger partial charge in [-0.3, -0.25) is 0 Å². The summed E-state index contributed by atoms with van der Waals surface area (Å²) in [5.41, 5.74) is 9.04. The zero-order valence-electron chi connectivity index (χ0n) is 10.6. The minimum atomic E-state index is 0.846. The number of nitrogen functional groups attached to an aromatic ring is 1. The number of aryl methyl sites for hydroxylation is 2. The van der Waals surface area contributed by atoms with Crippen molar-refractivity contribution in [1.82, 2.24) is 10.3 Å². The van der Waals surface area contributed by atoms with Gasteiger partial charge < -0.3 is 11.1 Å². The van der Waals surface area contributed by atoms with E-state index >= 15 is 0 Å². The summed E-state index contributed by atoms with van der Waals surface area (Å²) in [5, 5.41) is 6.66. The van der Waals surface area contributed by atoms with Crippen molar-refractivity contribution in [2.45, 2.75) is 26.3 Å². The largest absolute Gasteiger partial charge is 0.399 e. The highest BCUT2D eigenvalue weighted by Gasteiger charge is 1.98. The fourth-order valence-corrected chi connectivity index (χ4v) is 2.48. The van der Waals surface area contributed by atoms with E-state index in [9.17, 15) is 0 Å². The van der Waals surface area contributed by atoms with Crippen LogP contribution in [-0.4, -0.2) is 11.5 Å². The molecule has 0 aliphatic heterocycles. The summed E-state index contributed by atoms with van der Waals surface area (Å²) in [7, 11) is 0. The van der Waals surface area contributed by atoms with Crippen molar-refractivity contribution in [3.63, 3.8) is 0 Å². The second kappa shape index (κ2) is 6.52. The molecule has 0 aliphatic rings. The van der Waals surface area contributed by atoms with Gasteiger partial charge in [0.25, 0.3) is 0 Å². The molecule has 18 heavy (non-hydrogen) atoms. The third kappa shape index (κ3) is 4.13. The monoisotopic (exact) mass is 261 g/mol. The van der Waals surface area contributed by atoms with Crippen LogP contribution in [0.4, 0.5) is 5.69 Å². The summed E-state index contributed by atoms with van der Waals surface area (Å²) in [5.74, 6) is 0. The molecule has 0 aliphatic carbocycles. The van der Waals surface area contributed by atoms with E-state index < -0.39 is 0 Å². The Morgan fingerprint density at radius 3 is 3.00 bits per heavy atom. The standard InChI is InChI=1S/C14H19N3S/c1-11-17-14(10-18-11)9-16-7-3-5-12-4-2-6-13(15)8-12/h2,4,6,8,10,16H,3,5,7,9,15H2,1H3. The molecule has 0 radical (unpaired) electrons. The quantitative estimate of drug-likeness (QED) is 0.621. The van der Waals surface area contributed by atoms with E-state index in [2.05, 4.69) is 21.7 Å². The smallest absolute Gasteiger partial charge is 0.0897 e. The zero-order valence-corrected chi connectivity index (χ0v) is 11.5. The predicted molar refractivity (Wildman–Crippen MR) is 77.7 cm³/mol. The number of nitrogens with one attached hydrogen (secondary N) is 1. The van der Waals surface area contributed by atoms with Gasteiger partial charge in [-0.2, -0.15) is 0 Å². The third-order valence-electron chi connectivity index (χ3n) is 2.74. The lowest BCUT2D eigenvalue weighted by Crippen LogP contribution is -2.15. The topological polar surface area (TPSA) is 50.9 Å². The Morgan fingerprint density at radius 1 is 1.39 bits per heavy atom. The van der Waals surface area contributed by atoms with Gasteiger partial charge in [0.1, 0.15) is 0 Å². The lowest BCUT2D eigenvalue weighted by atomic mass is 10.1. The van der Waals surface area contributed by atoms with Crippen LogP contribution >= 0.6 is 11.3 Å². The summed E-state index contributed by atoms with van der Waals surface area (Å²) in [6, 6.07) is 8.10. The van der Waals surface area contributed by atoms with Crippen molar-refractivity contribution < 1.29 is 0 Å². The average molecular weight is 261 g/mol. The molecule has 3 N–H and O–H groups in total. The maximum atomic E-state index is 5.74. The van der Waals surface area contributed by atoms with Gasteiger partial charge in [0.15, 0.2) is 0 Å². The van der Waals surface area contributed by atoms with Crippen molar-refractivity contribution in [2.75, 3.05) is 12.3 Å². The normalized spacial score (nSPS) is 10.7. The number of nitrogens with zero attached hydrogens (tertiary/aromatic N) is 1. The first-order valence-electron chi connectivity index (χ1n) is 6.20. The van der Waals surface area contributed by atoms with Crippen molar-refractivity contribution in [2.24, 2.45) is 0 Å². The fourth-order valence-electron chi connectivity index (χ4n) is 1.87. The molecule has 1 aromatic carbocycles. The molecular weight excluding hydrogens is 242 g/mol. The van der Waals surface area contributed by atoms with Crippen LogP contribution in [0.3, 0.4) is 0 Å². The molecule has 1 heterocycles. The number of benzene rings is 1. The second-order valence-corrected chi connectivity index (χ2v) is 5.45. The molecule has 0 bridgehead atoms. The summed E-state index contributed by atoms with van der Waals surface area (Å²) in [4.78, 5) is 4.42. The van der Waals surface area contributed by atoms with E-state index in [1.165, 1.54) is 5.56 Å². The van der Waals surface area contributed by atoms with E-state index in [4.69, 9.17) is 5.73 Å². The second-order valence-electron chi connectivity index (χ2n) is 4.38. The van der Waals surface area contributed by atoms with E-state index in [0.29, 0.717) is 0 Å².